The third kappa shape index (κ3) is 45.8. The van der Waals surface area contributed by atoms with E-state index in [9.17, 15) is 9.59 Å². The second kappa shape index (κ2) is 29.8. The maximum Gasteiger partial charge on any atom is 0.216 e. The Bertz CT molecular complexity index is 142. The number of hydrogen-bond acceptors (Lipinski definition) is 3. The summed E-state index contributed by atoms with van der Waals surface area (Å²) < 4.78 is 0. The summed E-state index contributed by atoms with van der Waals surface area (Å²) in [6.45, 7) is 11.8. The van der Waals surface area contributed by atoms with Crippen LogP contribution in [0.3, 0.4) is 0 Å². The second-order valence-electron chi connectivity index (χ2n) is 3.00. The molecule has 0 aromatic rings. The van der Waals surface area contributed by atoms with E-state index in [0.717, 1.165) is 25.8 Å². The van der Waals surface area contributed by atoms with E-state index in [1.807, 2.05) is 27.7 Å². The van der Waals surface area contributed by atoms with Gasteiger partial charge in [0.25, 0.3) is 0 Å². The zero-order chi connectivity index (χ0) is 15.4. The molecule has 0 unspecified atom stereocenters. The zero-order valence-electron chi connectivity index (χ0n) is 13.4. The molecule has 0 heterocycles. The van der Waals surface area contributed by atoms with Gasteiger partial charge in [-0.1, -0.05) is 34.1 Å². The molecule has 0 saturated carbocycles. The Labute approximate surface area is 114 Å². The van der Waals surface area contributed by atoms with Gasteiger partial charge < -0.3 is 15.8 Å². The molecule has 3 N–H and O–H groups in total. The van der Waals surface area contributed by atoms with Crippen LogP contribution < -0.4 is 11.1 Å². The lowest BCUT2D eigenvalue weighted by Gasteiger charge is -2.00. The molecule has 0 saturated heterocycles. The van der Waals surface area contributed by atoms with E-state index in [1.165, 1.54) is 14.0 Å². The van der Waals surface area contributed by atoms with Gasteiger partial charge in [-0.25, -0.2) is 0 Å². The third-order valence-electron chi connectivity index (χ3n) is 1.58. The van der Waals surface area contributed by atoms with E-state index < -0.39 is 0 Å². The van der Waals surface area contributed by atoms with Crippen molar-refractivity contribution in [3.8, 4) is 0 Å². The van der Waals surface area contributed by atoms with Gasteiger partial charge in [-0.2, -0.15) is 0 Å². The van der Waals surface area contributed by atoms with Crippen molar-refractivity contribution >= 4 is 11.7 Å². The Morgan fingerprint density at radius 2 is 1.33 bits per heavy atom. The number of rotatable bonds is 6. The predicted molar refractivity (Wildman–Crippen MR) is 80.6 cm³/mol. The summed E-state index contributed by atoms with van der Waals surface area (Å²) in [5, 5.41) is 2.71. The highest BCUT2D eigenvalue weighted by Gasteiger charge is 1.94. The first kappa shape index (κ1) is 25.8. The Morgan fingerprint density at radius 3 is 1.67 bits per heavy atom. The van der Waals surface area contributed by atoms with Crippen LogP contribution in [0.1, 0.15) is 67.2 Å². The molecule has 4 heteroatoms. The Balaban J connectivity index is -0.000000141. The normalized spacial score (nSPS) is 7.33. The number of amides is 1. The van der Waals surface area contributed by atoms with Crippen LogP contribution in [0.2, 0.25) is 0 Å². The lowest BCUT2D eigenvalue weighted by atomic mass is 10.1. The van der Waals surface area contributed by atoms with Crippen LogP contribution in [0.15, 0.2) is 0 Å². The van der Waals surface area contributed by atoms with Crippen LogP contribution in [0.4, 0.5) is 0 Å². The molecule has 1 amide bonds. The minimum absolute atomic E-state index is 0.0153. The van der Waals surface area contributed by atoms with Crippen LogP contribution in [0.25, 0.3) is 0 Å². The lowest BCUT2D eigenvalue weighted by molar-refractivity contribution is -0.119. The number of carbonyl (C=O) groups is 2. The van der Waals surface area contributed by atoms with Crippen molar-refractivity contribution in [2.75, 3.05) is 13.6 Å². The molecular formula is C14H34N2O2. The fraction of sp³-hybridized carbons (Fsp3) is 0.857. The maximum atomic E-state index is 10.5. The van der Waals surface area contributed by atoms with Crippen LogP contribution >= 0.6 is 0 Å². The molecule has 0 fully saturated rings. The number of carbonyl (C=O) groups excluding carboxylic acids is 2. The van der Waals surface area contributed by atoms with E-state index >= 15 is 0 Å². The van der Waals surface area contributed by atoms with Crippen molar-refractivity contribution in [2.45, 2.75) is 67.2 Å². The van der Waals surface area contributed by atoms with E-state index in [4.69, 9.17) is 0 Å². The number of nitrogens with two attached hydrogens (primary N) is 1. The van der Waals surface area contributed by atoms with Gasteiger partial charge in [-0.15, -0.1) is 0 Å². The number of hydrogen-bond donors (Lipinski definition) is 2. The first-order chi connectivity index (χ1) is 8.63. The van der Waals surface area contributed by atoms with Crippen molar-refractivity contribution in [3.05, 3.63) is 0 Å². The minimum Gasteiger partial charge on any atom is -0.356 e. The van der Waals surface area contributed by atoms with Crippen molar-refractivity contribution in [2.24, 2.45) is 5.73 Å². The second-order valence-corrected chi connectivity index (χ2v) is 3.00. The standard InChI is InChI=1S/C9H17NO2.2C2H6.CH5N/c1-8(11)6-4-3-5-7-10-9(2)12;3*1-2/h3-7H2,1-2H3,(H,10,12);2*1-2H3;2H2,1H3. The minimum atomic E-state index is 0.0153. The maximum absolute atomic E-state index is 10.5. The number of nitrogens with one attached hydrogen (secondary N) is 1. The number of unbranched alkanes of at least 4 members (excludes halogenated alkanes) is 2. The molecule has 0 spiro atoms. The highest BCUT2D eigenvalue weighted by atomic mass is 16.1. The average molecular weight is 262 g/mol. The third-order valence-corrected chi connectivity index (χ3v) is 1.58. The van der Waals surface area contributed by atoms with Crippen molar-refractivity contribution < 1.29 is 9.59 Å². The van der Waals surface area contributed by atoms with Gasteiger partial charge >= 0.3 is 0 Å². The Hall–Kier alpha value is -0.900. The van der Waals surface area contributed by atoms with Gasteiger partial charge in [-0.3, -0.25) is 4.79 Å². The van der Waals surface area contributed by atoms with E-state index in [2.05, 4.69) is 11.1 Å². The molecule has 0 radical (unpaired) electrons. The van der Waals surface area contributed by atoms with E-state index in [-0.39, 0.29) is 11.7 Å². The van der Waals surface area contributed by atoms with Crippen molar-refractivity contribution in [1.29, 1.82) is 0 Å². The topological polar surface area (TPSA) is 72.2 Å². The first-order valence-electron chi connectivity index (χ1n) is 6.94. The highest BCUT2D eigenvalue weighted by molar-refractivity contribution is 5.75. The van der Waals surface area contributed by atoms with Gasteiger partial charge in [0.05, 0.1) is 0 Å². The van der Waals surface area contributed by atoms with Crippen LogP contribution in [0, 0.1) is 0 Å². The first-order valence-corrected chi connectivity index (χ1v) is 6.94. The zero-order valence-corrected chi connectivity index (χ0v) is 13.4. The molecular weight excluding hydrogens is 228 g/mol. The van der Waals surface area contributed by atoms with E-state index in [0.29, 0.717) is 6.42 Å². The summed E-state index contributed by atoms with van der Waals surface area (Å²) >= 11 is 0. The quantitative estimate of drug-likeness (QED) is 0.723. The van der Waals surface area contributed by atoms with Gasteiger partial charge in [0.1, 0.15) is 5.78 Å². The van der Waals surface area contributed by atoms with Gasteiger partial charge in [-0.05, 0) is 26.8 Å². The molecule has 18 heavy (non-hydrogen) atoms. The molecule has 4 nitrogen and oxygen atoms in total. The van der Waals surface area contributed by atoms with Crippen molar-refractivity contribution in [3.63, 3.8) is 0 Å². The summed E-state index contributed by atoms with van der Waals surface area (Å²) in [6.07, 6.45) is 3.59. The number of Topliss-reactive ketones (excluding diaryl/α,β-unsaturated/α-hetero) is 1. The molecule has 0 rings (SSSR count). The Morgan fingerprint density at radius 1 is 0.889 bits per heavy atom. The van der Waals surface area contributed by atoms with Gasteiger partial charge in [0.15, 0.2) is 0 Å². The average Bonchev–Trinajstić information content (AvgIpc) is 2.40. The Kier molecular flexibility index (Phi) is 42.8. The smallest absolute Gasteiger partial charge is 0.216 e. The summed E-state index contributed by atoms with van der Waals surface area (Å²) in [7, 11) is 1.50. The molecule has 0 aliphatic heterocycles. The predicted octanol–water partition coefficient (Wildman–Crippen LogP) is 2.90. The highest BCUT2D eigenvalue weighted by Crippen LogP contribution is 1.98. The fourth-order valence-corrected chi connectivity index (χ4v) is 0.940. The molecule has 0 bridgehead atoms. The van der Waals surface area contributed by atoms with Crippen LogP contribution in [-0.4, -0.2) is 25.3 Å². The molecule has 0 aromatic heterocycles. The molecule has 0 atom stereocenters. The number of ketones is 1. The van der Waals surface area contributed by atoms with Crippen LogP contribution in [0.5, 0.6) is 0 Å². The molecule has 0 aliphatic rings. The van der Waals surface area contributed by atoms with Gasteiger partial charge in [0.2, 0.25) is 5.91 Å². The summed E-state index contributed by atoms with van der Waals surface area (Å²) in [5.74, 6) is 0.260. The lowest BCUT2D eigenvalue weighted by Crippen LogP contribution is -2.20. The van der Waals surface area contributed by atoms with E-state index in [1.54, 1.807) is 6.92 Å². The largest absolute Gasteiger partial charge is 0.356 e. The van der Waals surface area contributed by atoms with Crippen molar-refractivity contribution in [1.82, 2.24) is 5.32 Å². The summed E-state index contributed by atoms with van der Waals surface area (Å²) in [6, 6.07) is 0. The van der Waals surface area contributed by atoms with Gasteiger partial charge in [0, 0.05) is 19.9 Å². The fourth-order valence-electron chi connectivity index (χ4n) is 0.940. The molecule has 112 valence electrons. The monoisotopic (exact) mass is 262 g/mol. The summed E-state index contributed by atoms with van der Waals surface area (Å²) in [5.41, 5.74) is 4.50. The molecule has 0 aliphatic carbocycles. The summed E-state index contributed by atoms with van der Waals surface area (Å²) in [4.78, 5) is 20.9. The van der Waals surface area contributed by atoms with Crippen LogP contribution in [-0.2, 0) is 9.59 Å². The SMILES string of the molecule is CC.CC.CC(=O)CCCCCNC(C)=O.CN. The molecule has 0 aromatic carbocycles.